The van der Waals surface area contributed by atoms with E-state index in [-0.39, 0.29) is 20.1 Å². The van der Waals surface area contributed by atoms with Gasteiger partial charge in [-0.05, 0) is 59.5 Å². The maximum absolute atomic E-state index is 6.04. The minimum atomic E-state index is -1.34. The first-order chi connectivity index (χ1) is 21.3. The molecule has 0 N–H and O–H groups in total. The van der Waals surface area contributed by atoms with Crippen molar-refractivity contribution in [2.75, 3.05) is 0 Å². The third kappa shape index (κ3) is 7.35. The number of fused-ring (bicyclic) bond motifs is 3. The van der Waals surface area contributed by atoms with Crippen LogP contribution in [0.3, 0.4) is 0 Å². The minimum Gasteiger partial charge on any atom is -0.486 e. The third-order valence-electron chi connectivity index (χ3n) is 8.68. The Morgan fingerprint density at radius 1 is 0.800 bits per heavy atom. The molecule has 4 aromatic heterocycles. The van der Waals surface area contributed by atoms with Crippen molar-refractivity contribution in [2.24, 2.45) is 0 Å². The molecule has 1 aliphatic carbocycles. The van der Waals surface area contributed by atoms with Gasteiger partial charge in [0, 0.05) is 44.1 Å². The van der Waals surface area contributed by atoms with Crippen LogP contribution in [0.25, 0.3) is 44.6 Å². The topological polar surface area (TPSA) is 51.8 Å². The van der Waals surface area contributed by atoms with Crippen LogP contribution in [0.2, 0.25) is 19.6 Å². The molecule has 1 saturated carbocycles. The van der Waals surface area contributed by atoms with Gasteiger partial charge in [0.2, 0.25) is 5.71 Å². The first-order valence-electron chi connectivity index (χ1n) is 15.9. The van der Waals surface area contributed by atoms with Gasteiger partial charge in [-0.3, -0.25) is 0 Å². The molecule has 233 valence electrons. The first-order valence-corrected chi connectivity index (χ1v) is 19.4. The zero-order valence-electron chi connectivity index (χ0n) is 26.9. The van der Waals surface area contributed by atoms with Gasteiger partial charge in [-0.15, -0.1) is 54.1 Å². The molecule has 1 fully saturated rings. The van der Waals surface area contributed by atoms with Crippen LogP contribution in [0, 0.1) is 12.1 Å². The second-order valence-electron chi connectivity index (χ2n) is 13.2. The van der Waals surface area contributed by atoms with Crippen molar-refractivity contribution in [1.29, 1.82) is 0 Å². The van der Waals surface area contributed by atoms with Gasteiger partial charge >= 0.3 is 0 Å². The Morgan fingerprint density at radius 2 is 1.62 bits per heavy atom. The molecule has 6 aromatic rings. The summed E-state index contributed by atoms with van der Waals surface area (Å²) >= 11 is 0. The minimum absolute atomic E-state index is 0. The van der Waals surface area contributed by atoms with Gasteiger partial charge in [0.15, 0.2) is 0 Å². The van der Waals surface area contributed by atoms with Crippen molar-refractivity contribution < 1.29 is 24.5 Å². The fourth-order valence-electron chi connectivity index (χ4n) is 6.32. The second-order valence-corrected chi connectivity index (χ2v) is 18.2. The van der Waals surface area contributed by atoms with Crippen LogP contribution in [-0.2, 0) is 20.1 Å². The smallest absolute Gasteiger partial charge is 0.216 e. The molecular formula is C39H41IrN3OSi-2. The van der Waals surface area contributed by atoms with E-state index in [4.69, 9.17) is 4.42 Å². The van der Waals surface area contributed by atoms with Crippen molar-refractivity contribution >= 4 is 35.3 Å². The number of hydrogen-bond acceptors (Lipinski definition) is 4. The quantitative estimate of drug-likeness (QED) is 0.129. The van der Waals surface area contributed by atoms with E-state index in [2.05, 4.69) is 91.0 Å². The van der Waals surface area contributed by atoms with E-state index in [0.29, 0.717) is 17.5 Å². The van der Waals surface area contributed by atoms with Crippen LogP contribution < -0.4 is 5.19 Å². The van der Waals surface area contributed by atoms with Crippen LogP contribution in [-0.4, -0.2) is 23.0 Å². The summed E-state index contributed by atoms with van der Waals surface area (Å²) in [5, 5.41) is 3.58. The Hall–Kier alpha value is -3.44. The molecule has 2 aromatic carbocycles. The van der Waals surface area contributed by atoms with Crippen LogP contribution >= 0.6 is 0 Å². The van der Waals surface area contributed by atoms with E-state index in [1.807, 2.05) is 48.7 Å². The van der Waals surface area contributed by atoms with Gasteiger partial charge in [-0.1, -0.05) is 87.0 Å². The first kappa shape index (κ1) is 32.9. The standard InChI is InChI=1S/C22H19N2O.C17H22NSi.Ir/c1-2-6-15(7-3-1)16-11-13-23-20(14-16)19-9-4-8-17-18-10-5-12-24-22(18)25-21(17)19;1-13(2)15-11-16(14-9-7-6-8-10-14)18-12-17(15)19(3,4)5;/h4-5,8,10-15H,1-3,6-7H2;6-9,11-13H,1-5H3;/q2*-1;. The Bertz CT molecular complexity index is 1870. The largest absolute Gasteiger partial charge is 0.486 e. The van der Waals surface area contributed by atoms with Gasteiger partial charge in [0.05, 0.1) is 13.7 Å². The summed E-state index contributed by atoms with van der Waals surface area (Å²) in [7, 11) is -1.34. The third-order valence-corrected chi connectivity index (χ3v) is 10.7. The molecule has 45 heavy (non-hydrogen) atoms. The number of aromatic nitrogens is 3. The second kappa shape index (κ2) is 14.3. The summed E-state index contributed by atoms with van der Waals surface area (Å²) in [5.74, 6) is 1.19. The summed E-state index contributed by atoms with van der Waals surface area (Å²) in [5.41, 5.74) is 8.30. The molecule has 0 aliphatic heterocycles. The summed E-state index contributed by atoms with van der Waals surface area (Å²) in [6.07, 6.45) is 12.4. The zero-order valence-corrected chi connectivity index (χ0v) is 30.3. The molecule has 0 unspecified atom stereocenters. The van der Waals surface area contributed by atoms with E-state index < -0.39 is 8.07 Å². The zero-order chi connectivity index (χ0) is 30.7. The summed E-state index contributed by atoms with van der Waals surface area (Å²) in [4.78, 5) is 13.6. The Labute approximate surface area is 282 Å². The maximum atomic E-state index is 6.04. The van der Waals surface area contributed by atoms with Crippen LogP contribution in [0.1, 0.15) is 68.9 Å². The van der Waals surface area contributed by atoms with Crippen molar-refractivity contribution in [3.8, 4) is 22.5 Å². The number of nitrogens with zero attached hydrogens (tertiary/aromatic N) is 3. The molecule has 0 amide bonds. The molecule has 0 bridgehead atoms. The number of furan rings is 1. The van der Waals surface area contributed by atoms with E-state index in [1.165, 1.54) is 48.4 Å². The number of benzene rings is 2. The normalized spacial score (nSPS) is 13.8. The molecule has 1 radical (unpaired) electrons. The van der Waals surface area contributed by atoms with Gasteiger partial charge in [0.1, 0.15) is 0 Å². The number of hydrogen-bond donors (Lipinski definition) is 0. The molecule has 1 aliphatic rings. The Balaban J connectivity index is 0.000000181. The molecular weight excluding hydrogens is 747 g/mol. The molecule has 0 atom stereocenters. The average Bonchev–Trinajstić information content (AvgIpc) is 3.44. The van der Waals surface area contributed by atoms with E-state index >= 15 is 0 Å². The predicted molar refractivity (Wildman–Crippen MR) is 185 cm³/mol. The maximum Gasteiger partial charge on any atom is 0.216 e. The van der Waals surface area contributed by atoms with Gasteiger partial charge in [-0.25, -0.2) is 4.98 Å². The van der Waals surface area contributed by atoms with Crippen LogP contribution in [0.5, 0.6) is 0 Å². The molecule has 0 saturated heterocycles. The van der Waals surface area contributed by atoms with Gasteiger partial charge in [-0.2, -0.15) is 0 Å². The molecule has 0 spiro atoms. The van der Waals surface area contributed by atoms with Gasteiger partial charge < -0.3 is 14.4 Å². The monoisotopic (exact) mass is 788 g/mol. The van der Waals surface area contributed by atoms with Crippen molar-refractivity contribution in [3.63, 3.8) is 0 Å². The fourth-order valence-corrected chi connectivity index (χ4v) is 7.99. The number of pyridine rings is 3. The molecule has 4 nitrogen and oxygen atoms in total. The fraction of sp³-hybridized carbons (Fsp3) is 0.308. The van der Waals surface area contributed by atoms with Crippen molar-refractivity contribution in [2.45, 2.75) is 77.4 Å². The van der Waals surface area contributed by atoms with Crippen LogP contribution in [0.4, 0.5) is 0 Å². The summed E-state index contributed by atoms with van der Waals surface area (Å²) in [6.45, 7) is 11.7. The predicted octanol–water partition coefficient (Wildman–Crippen LogP) is 10.1. The van der Waals surface area contributed by atoms with E-state index in [9.17, 15) is 0 Å². The van der Waals surface area contributed by atoms with Crippen LogP contribution in [0.15, 0.2) is 89.7 Å². The SMILES string of the molecule is CC(C)c1cc(-c2[c-]cccc2)ncc1[Si](C)(C)C.[Ir].[c-]1ccc2c(oc3ncccc32)c1-c1cc(C2CCCCC2)ccn1. The molecule has 6 heteroatoms. The summed E-state index contributed by atoms with van der Waals surface area (Å²) < 4.78 is 6.04. The van der Waals surface area contributed by atoms with E-state index in [1.54, 1.807) is 6.20 Å². The molecule has 4 heterocycles. The van der Waals surface area contributed by atoms with Crippen molar-refractivity contribution in [3.05, 3.63) is 109 Å². The summed E-state index contributed by atoms with van der Waals surface area (Å²) in [6, 6.07) is 29.3. The van der Waals surface area contributed by atoms with E-state index in [0.717, 1.165) is 38.9 Å². The molecule has 7 rings (SSSR count). The Kier molecular flexibility index (Phi) is 10.5. The van der Waals surface area contributed by atoms with Gasteiger partial charge in [0.25, 0.3) is 0 Å². The number of rotatable bonds is 5. The Morgan fingerprint density at radius 3 is 2.36 bits per heavy atom. The average molecular weight is 788 g/mol. The van der Waals surface area contributed by atoms with Crippen molar-refractivity contribution in [1.82, 2.24) is 15.0 Å².